The Kier molecular flexibility index (Phi) is 71.4. The Labute approximate surface area is 520 Å². The van der Waals surface area contributed by atoms with Crippen LogP contribution in [-0.2, 0) is 14.3 Å². The highest BCUT2D eigenvalue weighted by Gasteiger charge is 2.20. The number of hydrogen-bond donors (Lipinski definition) is 3. The molecule has 2 unspecified atom stereocenters. The van der Waals surface area contributed by atoms with Crippen LogP contribution in [0.15, 0.2) is 24.3 Å². The van der Waals surface area contributed by atoms with Gasteiger partial charge in [-0.25, -0.2) is 0 Å². The minimum absolute atomic E-state index is 0.00607. The van der Waals surface area contributed by atoms with Gasteiger partial charge in [-0.3, -0.25) is 9.59 Å². The van der Waals surface area contributed by atoms with E-state index in [0.29, 0.717) is 25.9 Å². The number of aliphatic hydroxyl groups is 2. The number of amides is 1. The summed E-state index contributed by atoms with van der Waals surface area (Å²) >= 11 is 0. The normalized spacial score (nSPS) is 12.6. The smallest absolute Gasteiger partial charge is 0.305 e. The van der Waals surface area contributed by atoms with Gasteiger partial charge in [0.2, 0.25) is 5.91 Å². The van der Waals surface area contributed by atoms with Crippen LogP contribution in [0.3, 0.4) is 0 Å². The Morgan fingerprint density at radius 1 is 0.337 bits per heavy atom. The van der Waals surface area contributed by atoms with E-state index in [1.807, 2.05) is 0 Å². The molecule has 6 heteroatoms. The van der Waals surface area contributed by atoms with E-state index < -0.39 is 12.1 Å². The monoisotopic (exact) mass is 1170 g/mol. The van der Waals surface area contributed by atoms with Gasteiger partial charge in [-0.15, -0.1) is 0 Å². The average molecular weight is 1170 g/mol. The first kappa shape index (κ1) is 81.3. The highest BCUT2D eigenvalue weighted by Crippen LogP contribution is 2.20. The van der Waals surface area contributed by atoms with Crippen LogP contribution in [-0.4, -0.2) is 47.4 Å². The van der Waals surface area contributed by atoms with Crippen molar-refractivity contribution in [3.8, 4) is 0 Å². The number of aliphatic hydroxyl groups excluding tert-OH is 2. The SMILES string of the molecule is CCC/C=C\C/C=C\CCCCCCCC(=O)OCCCCCCCCCCCCCCCCCCCCCCCCCCCCCCCCCC(=O)NC(CO)C(O)CCCCCCCCCCCCCCCCCCCCCCCC. The van der Waals surface area contributed by atoms with Crippen molar-refractivity contribution in [1.29, 1.82) is 0 Å². The molecule has 3 N–H and O–H groups in total. The Hall–Kier alpha value is -1.66. The van der Waals surface area contributed by atoms with Gasteiger partial charge in [0, 0.05) is 12.8 Å². The van der Waals surface area contributed by atoms with Gasteiger partial charge in [0.15, 0.2) is 0 Å². The van der Waals surface area contributed by atoms with Crippen molar-refractivity contribution in [3.05, 3.63) is 24.3 Å². The number of rotatable bonds is 72. The number of esters is 1. The molecular weight excluding hydrogens is 1020 g/mol. The fraction of sp³-hybridized carbons (Fsp3) is 0.922. The summed E-state index contributed by atoms with van der Waals surface area (Å²) in [6.45, 7) is 4.93. The summed E-state index contributed by atoms with van der Waals surface area (Å²) in [6, 6.07) is -0.539. The van der Waals surface area contributed by atoms with Gasteiger partial charge in [-0.05, 0) is 51.4 Å². The fourth-order valence-electron chi connectivity index (χ4n) is 12.2. The molecule has 492 valence electrons. The fourth-order valence-corrected chi connectivity index (χ4v) is 12.2. The minimum atomic E-state index is -0.662. The van der Waals surface area contributed by atoms with E-state index >= 15 is 0 Å². The average Bonchev–Trinajstić information content (AvgIpc) is 3.49. The van der Waals surface area contributed by atoms with Crippen molar-refractivity contribution >= 4 is 11.9 Å². The predicted octanol–water partition coefficient (Wildman–Crippen LogP) is 24.9. The zero-order chi connectivity index (χ0) is 59.9. The van der Waals surface area contributed by atoms with Crippen LogP contribution in [0.2, 0.25) is 0 Å². The number of carbonyl (C=O) groups excluding carboxylic acids is 2. The second-order valence-electron chi connectivity index (χ2n) is 26.3. The van der Waals surface area contributed by atoms with Gasteiger partial charge >= 0.3 is 5.97 Å². The van der Waals surface area contributed by atoms with Gasteiger partial charge < -0.3 is 20.3 Å². The third-order valence-electron chi connectivity index (χ3n) is 18.0. The van der Waals surface area contributed by atoms with E-state index in [9.17, 15) is 19.8 Å². The molecule has 0 aliphatic carbocycles. The van der Waals surface area contributed by atoms with Gasteiger partial charge in [0.25, 0.3) is 0 Å². The maximum Gasteiger partial charge on any atom is 0.305 e. The molecule has 0 saturated heterocycles. The lowest BCUT2D eigenvalue weighted by molar-refractivity contribution is -0.143. The van der Waals surface area contributed by atoms with Gasteiger partial charge in [0.05, 0.1) is 25.4 Å². The molecule has 0 aromatic rings. The first-order chi connectivity index (χ1) is 41.0. The summed E-state index contributed by atoms with van der Waals surface area (Å²) in [7, 11) is 0. The summed E-state index contributed by atoms with van der Waals surface area (Å²) < 4.78 is 5.48. The first-order valence-corrected chi connectivity index (χ1v) is 38.1. The second-order valence-corrected chi connectivity index (χ2v) is 26.3. The number of unbranched alkanes of at least 4 members (excludes halogenated alkanes) is 57. The van der Waals surface area contributed by atoms with Crippen LogP contribution < -0.4 is 5.32 Å². The summed E-state index contributed by atoms with van der Waals surface area (Å²) in [5.74, 6) is -0.0195. The lowest BCUT2D eigenvalue weighted by Crippen LogP contribution is -2.45. The molecule has 0 saturated carbocycles. The standard InChI is InChI=1S/C77H149NO5/c1-3-5-7-9-11-13-15-17-18-19-20-21-33-36-39-42-46-49-53-57-61-65-69-75(80)74(73-79)78-76(81)70-66-62-58-54-50-47-43-40-37-34-31-29-27-25-23-22-24-26-28-30-32-35-38-41-44-48-52-56-60-64-68-72-83-77(82)71-67-63-59-55-51-45-16-14-12-10-8-6-4-2/h8,10,14,16,74-75,79-80H,3-7,9,11-13,15,17-73H2,1-2H3,(H,78,81)/b10-8-,16-14-. The number of allylic oxidation sites excluding steroid dienone is 4. The lowest BCUT2D eigenvalue weighted by atomic mass is 10.0. The van der Waals surface area contributed by atoms with Crippen LogP contribution in [0.25, 0.3) is 0 Å². The molecule has 0 radical (unpaired) electrons. The lowest BCUT2D eigenvalue weighted by Gasteiger charge is -2.22. The molecule has 6 nitrogen and oxygen atoms in total. The second kappa shape index (κ2) is 72.8. The van der Waals surface area contributed by atoms with Gasteiger partial charge in [0.1, 0.15) is 0 Å². The van der Waals surface area contributed by atoms with E-state index in [0.717, 1.165) is 51.4 Å². The maximum absolute atomic E-state index is 12.6. The van der Waals surface area contributed by atoms with Crippen LogP contribution in [0.1, 0.15) is 431 Å². The molecule has 0 heterocycles. The van der Waals surface area contributed by atoms with Crippen LogP contribution in [0.4, 0.5) is 0 Å². The van der Waals surface area contributed by atoms with Crippen molar-refractivity contribution in [2.45, 2.75) is 443 Å². The molecule has 0 bridgehead atoms. The zero-order valence-electron chi connectivity index (χ0n) is 56.5. The molecule has 0 fully saturated rings. The molecule has 1 amide bonds. The number of ether oxygens (including phenoxy) is 1. The zero-order valence-corrected chi connectivity index (χ0v) is 56.5. The van der Waals surface area contributed by atoms with Crippen LogP contribution in [0, 0.1) is 0 Å². The van der Waals surface area contributed by atoms with Crippen molar-refractivity contribution in [2.75, 3.05) is 13.2 Å². The molecule has 0 aromatic carbocycles. The van der Waals surface area contributed by atoms with Crippen molar-refractivity contribution in [3.63, 3.8) is 0 Å². The minimum Gasteiger partial charge on any atom is -0.466 e. The Bertz CT molecular complexity index is 1300. The number of hydrogen-bond acceptors (Lipinski definition) is 5. The number of nitrogens with one attached hydrogen (secondary N) is 1. The molecule has 0 aliphatic heterocycles. The number of carbonyl (C=O) groups is 2. The Morgan fingerprint density at radius 3 is 0.964 bits per heavy atom. The molecular formula is C77H149NO5. The topological polar surface area (TPSA) is 95.9 Å². The first-order valence-electron chi connectivity index (χ1n) is 38.1. The molecule has 83 heavy (non-hydrogen) atoms. The van der Waals surface area contributed by atoms with Crippen LogP contribution in [0.5, 0.6) is 0 Å². The highest BCUT2D eigenvalue weighted by molar-refractivity contribution is 5.76. The molecule has 2 atom stereocenters. The van der Waals surface area contributed by atoms with E-state index in [1.165, 1.54) is 347 Å². The largest absolute Gasteiger partial charge is 0.466 e. The van der Waals surface area contributed by atoms with Crippen molar-refractivity contribution < 1.29 is 24.5 Å². The third-order valence-corrected chi connectivity index (χ3v) is 18.0. The summed E-state index contributed by atoms with van der Waals surface area (Å²) in [4.78, 5) is 24.6. The Morgan fingerprint density at radius 2 is 0.627 bits per heavy atom. The van der Waals surface area contributed by atoms with Gasteiger partial charge in [-0.1, -0.05) is 391 Å². The van der Waals surface area contributed by atoms with Crippen molar-refractivity contribution in [1.82, 2.24) is 5.32 Å². The predicted molar refractivity (Wildman–Crippen MR) is 366 cm³/mol. The summed E-state index contributed by atoms with van der Waals surface area (Å²) in [5.41, 5.74) is 0. The molecule has 0 rings (SSSR count). The third kappa shape index (κ3) is 69.3. The van der Waals surface area contributed by atoms with E-state index in [2.05, 4.69) is 43.5 Å². The summed E-state index contributed by atoms with van der Waals surface area (Å²) in [6.07, 6.45) is 92.6. The molecule has 0 aliphatic rings. The van der Waals surface area contributed by atoms with Crippen molar-refractivity contribution in [2.24, 2.45) is 0 Å². The molecule has 0 spiro atoms. The Balaban J connectivity index is 3.33. The highest BCUT2D eigenvalue weighted by atomic mass is 16.5. The van der Waals surface area contributed by atoms with E-state index in [-0.39, 0.29) is 18.5 Å². The van der Waals surface area contributed by atoms with Crippen LogP contribution >= 0.6 is 0 Å². The quantitative estimate of drug-likeness (QED) is 0.0320. The van der Waals surface area contributed by atoms with E-state index in [1.54, 1.807) is 0 Å². The molecule has 0 aromatic heterocycles. The van der Waals surface area contributed by atoms with Gasteiger partial charge in [-0.2, -0.15) is 0 Å². The van der Waals surface area contributed by atoms with E-state index in [4.69, 9.17) is 4.74 Å². The summed E-state index contributed by atoms with van der Waals surface area (Å²) in [5, 5.41) is 23.5. The maximum atomic E-state index is 12.6.